The number of rotatable bonds is 7. The molecule has 0 saturated carbocycles. The Kier molecular flexibility index (Phi) is 8.13. The molecular formula is C58H43N. The number of hydrogen-bond acceptors (Lipinski definition) is 1. The van der Waals surface area contributed by atoms with Crippen molar-refractivity contribution in [2.45, 2.75) is 24.7 Å². The minimum Gasteiger partial charge on any atom is -0.310 e. The van der Waals surface area contributed by atoms with Gasteiger partial charge in [0.15, 0.2) is 0 Å². The fourth-order valence-corrected chi connectivity index (χ4v) is 10.2. The lowest BCUT2D eigenvalue weighted by molar-refractivity contribution is 0.660. The molecule has 0 unspecified atom stereocenters. The predicted octanol–water partition coefficient (Wildman–Crippen LogP) is 15.2. The summed E-state index contributed by atoms with van der Waals surface area (Å²) in [6, 6.07) is 83.1. The van der Waals surface area contributed by atoms with Crippen LogP contribution in [0.25, 0.3) is 44.5 Å². The molecule has 0 heterocycles. The Balaban J connectivity index is 1.23. The molecule has 0 atom stereocenters. The van der Waals surface area contributed by atoms with E-state index in [9.17, 15) is 0 Å². The minimum absolute atomic E-state index is 0.143. The van der Waals surface area contributed by atoms with Gasteiger partial charge >= 0.3 is 0 Å². The highest BCUT2D eigenvalue weighted by atomic mass is 15.1. The second-order valence-electron chi connectivity index (χ2n) is 16.5. The molecule has 0 N–H and O–H groups in total. The molecule has 9 aromatic rings. The summed E-state index contributed by atoms with van der Waals surface area (Å²) in [6.07, 6.45) is 0. The number of benzene rings is 9. The SMILES string of the molecule is CC1(C)c2ccccc2-c2ccc(N(c3ccccc3)c3cc4c(cc3-c3ccc(-c5ccccc5)cc3)-c3ccccc3C4(c3ccccc3)c3ccccc3)cc21. The van der Waals surface area contributed by atoms with Gasteiger partial charge in [-0.15, -0.1) is 0 Å². The van der Waals surface area contributed by atoms with Crippen molar-refractivity contribution in [2.75, 3.05) is 4.90 Å². The van der Waals surface area contributed by atoms with E-state index in [1.54, 1.807) is 0 Å². The lowest BCUT2D eigenvalue weighted by atomic mass is 9.67. The van der Waals surface area contributed by atoms with Crippen LogP contribution in [-0.4, -0.2) is 0 Å². The maximum absolute atomic E-state index is 2.52. The summed E-state index contributed by atoms with van der Waals surface area (Å²) in [7, 11) is 0. The Morgan fingerprint density at radius 1 is 0.305 bits per heavy atom. The van der Waals surface area contributed by atoms with E-state index in [0.717, 1.165) is 17.1 Å². The number of hydrogen-bond donors (Lipinski definition) is 0. The summed E-state index contributed by atoms with van der Waals surface area (Å²) < 4.78 is 0. The average Bonchev–Trinajstić information content (AvgIpc) is 3.72. The third-order valence-corrected chi connectivity index (χ3v) is 13.0. The van der Waals surface area contributed by atoms with Gasteiger partial charge in [0, 0.05) is 22.4 Å². The molecule has 0 radical (unpaired) electrons. The third kappa shape index (κ3) is 5.39. The minimum atomic E-state index is -0.539. The first-order valence-corrected chi connectivity index (χ1v) is 20.7. The van der Waals surface area contributed by atoms with Gasteiger partial charge in [-0.05, 0) is 109 Å². The molecule has 11 rings (SSSR count). The summed E-state index contributed by atoms with van der Waals surface area (Å²) in [4.78, 5) is 2.50. The number of nitrogens with zero attached hydrogens (tertiary/aromatic N) is 1. The van der Waals surface area contributed by atoms with Gasteiger partial charge in [-0.3, -0.25) is 0 Å². The van der Waals surface area contributed by atoms with E-state index in [4.69, 9.17) is 0 Å². The Hall–Kier alpha value is -7.22. The molecule has 0 spiro atoms. The summed E-state index contributed by atoms with van der Waals surface area (Å²) in [5.41, 5.74) is 20.5. The van der Waals surface area contributed by atoms with Crippen LogP contribution in [0.2, 0.25) is 0 Å². The fourth-order valence-electron chi connectivity index (χ4n) is 10.2. The zero-order valence-electron chi connectivity index (χ0n) is 33.3. The highest BCUT2D eigenvalue weighted by Crippen LogP contribution is 2.59. The molecule has 0 fully saturated rings. The third-order valence-electron chi connectivity index (χ3n) is 13.0. The van der Waals surface area contributed by atoms with Crippen molar-refractivity contribution < 1.29 is 0 Å². The molecule has 0 bridgehead atoms. The van der Waals surface area contributed by atoms with Gasteiger partial charge in [0.2, 0.25) is 0 Å². The maximum atomic E-state index is 2.52. The van der Waals surface area contributed by atoms with Crippen molar-refractivity contribution in [3.63, 3.8) is 0 Å². The van der Waals surface area contributed by atoms with E-state index in [2.05, 4.69) is 243 Å². The molecule has 0 aliphatic heterocycles. The molecule has 2 aliphatic carbocycles. The van der Waals surface area contributed by atoms with E-state index >= 15 is 0 Å². The Labute approximate surface area is 347 Å². The van der Waals surface area contributed by atoms with Crippen LogP contribution in [0.5, 0.6) is 0 Å². The predicted molar refractivity (Wildman–Crippen MR) is 247 cm³/mol. The number of para-hydroxylation sites is 1. The fraction of sp³-hybridized carbons (Fsp3) is 0.0690. The molecule has 0 aromatic heterocycles. The quantitative estimate of drug-likeness (QED) is 0.157. The maximum Gasteiger partial charge on any atom is 0.0714 e. The molecule has 280 valence electrons. The van der Waals surface area contributed by atoms with Gasteiger partial charge in [-0.25, -0.2) is 0 Å². The first kappa shape index (κ1) is 35.0. The van der Waals surface area contributed by atoms with E-state index in [1.165, 1.54) is 77.9 Å². The summed E-state index contributed by atoms with van der Waals surface area (Å²) in [5, 5.41) is 0. The molecule has 1 heteroatoms. The van der Waals surface area contributed by atoms with Crippen molar-refractivity contribution in [1.82, 2.24) is 0 Å². The standard InChI is InChI=1S/C58H43N/c1-57(2)52-29-17-15-27-47(52)49-36-35-46(37-54(49)57)59(45-25-13-6-14-26-45)56-39-55-51(38-50(56)42-33-31-41(32-34-42)40-19-7-3-8-20-40)48-28-16-18-30-53(48)58(55,43-21-9-4-10-22-43)44-23-11-5-12-24-44/h3-39H,1-2H3. The molecule has 2 aliphatic rings. The van der Waals surface area contributed by atoms with Crippen LogP contribution >= 0.6 is 0 Å². The second kappa shape index (κ2) is 13.7. The van der Waals surface area contributed by atoms with Crippen molar-refractivity contribution in [3.8, 4) is 44.5 Å². The van der Waals surface area contributed by atoms with Crippen LogP contribution in [0.15, 0.2) is 224 Å². The molecule has 0 amide bonds. The van der Waals surface area contributed by atoms with Crippen molar-refractivity contribution >= 4 is 17.1 Å². The normalized spacial score (nSPS) is 13.9. The van der Waals surface area contributed by atoms with Crippen LogP contribution in [0, 0.1) is 0 Å². The van der Waals surface area contributed by atoms with Crippen molar-refractivity contribution in [3.05, 3.63) is 258 Å². The highest BCUT2D eigenvalue weighted by molar-refractivity contribution is 5.97. The van der Waals surface area contributed by atoms with E-state index in [0.29, 0.717) is 0 Å². The smallest absolute Gasteiger partial charge is 0.0714 e. The molecule has 9 aromatic carbocycles. The van der Waals surface area contributed by atoms with Gasteiger partial charge in [-0.1, -0.05) is 202 Å². The van der Waals surface area contributed by atoms with Crippen LogP contribution in [0.4, 0.5) is 17.1 Å². The van der Waals surface area contributed by atoms with Crippen LogP contribution in [0.1, 0.15) is 47.2 Å². The average molecular weight is 754 g/mol. The molecule has 59 heavy (non-hydrogen) atoms. The zero-order chi connectivity index (χ0) is 39.6. The van der Waals surface area contributed by atoms with Gasteiger partial charge in [-0.2, -0.15) is 0 Å². The van der Waals surface area contributed by atoms with Crippen LogP contribution in [0.3, 0.4) is 0 Å². The van der Waals surface area contributed by atoms with Crippen molar-refractivity contribution in [1.29, 1.82) is 0 Å². The lowest BCUT2D eigenvalue weighted by Crippen LogP contribution is -2.28. The lowest BCUT2D eigenvalue weighted by Gasteiger charge is -2.35. The molecule has 0 saturated heterocycles. The van der Waals surface area contributed by atoms with Gasteiger partial charge in [0.1, 0.15) is 0 Å². The summed E-state index contributed by atoms with van der Waals surface area (Å²) >= 11 is 0. The Morgan fingerprint density at radius 2 is 0.797 bits per heavy atom. The van der Waals surface area contributed by atoms with Gasteiger partial charge in [0.25, 0.3) is 0 Å². The molecular weight excluding hydrogens is 711 g/mol. The van der Waals surface area contributed by atoms with E-state index in [-0.39, 0.29) is 5.41 Å². The van der Waals surface area contributed by atoms with Gasteiger partial charge in [0.05, 0.1) is 11.1 Å². The Morgan fingerprint density at radius 3 is 1.44 bits per heavy atom. The first-order valence-electron chi connectivity index (χ1n) is 20.7. The first-order chi connectivity index (χ1) is 29.0. The van der Waals surface area contributed by atoms with Crippen molar-refractivity contribution in [2.24, 2.45) is 0 Å². The van der Waals surface area contributed by atoms with E-state index in [1.807, 2.05) is 0 Å². The monoisotopic (exact) mass is 753 g/mol. The van der Waals surface area contributed by atoms with Crippen LogP contribution in [-0.2, 0) is 10.8 Å². The van der Waals surface area contributed by atoms with Crippen LogP contribution < -0.4 is 4.90 Å². The number of fused-ring (bicyclic) bond motifs is 6. The highest BCUT2D eigenvalue weighted by Gasteiger charge is 2.47. The molecule has 1 nitrogen and oxygen atoms in total. The van der Waals surface area contributed by atoms with Gasteiger partial charge < -0.3 is 4.90 Å². The topological polar surface area (TPSA) is 3.24 Å². The summed E-state index contributed by atoms with van der Waals surface area (Å²) in [5.74, 6) is 0. The second-order valence-corrected chi connectivity index (χ2v) is 16.5. The van der Waals surface area contributed by atoms with E-state index < -0.39 is 5.41 Å². The zero-order valence-corrected chi connectivity index (χ0v) is 33.3. The summed E-state index contributed by atoms with van der Waals surface area (Å²) in [6.45, 7) is 4.74. The number of anilines is 3. The largest absolute Gasteiger partial charge is 0.310 e. The Bertz CT molecular complexity index is 2940.